The lowest BCUT2D eigenvalue weighted by Gasteiger charge is -2.13. The first-order valence-corrected chi connectivity index (χ1v) is 12.0. The van der Waals surface area contributed by atoms with Gasteiger partial charge in [-0.25, -0.2) is 9.82 Å². The van der Waals surface area contributed by atoms with Crippen molar-refractivity contribution < 1.29 is 8.42 Å². The van der Waals surface area contributed by atoms with E-state index in [2.05, 4.69) is 30.8 Å². The van der Waals surface area contributed by atoms with E-state index in [1.54, 1.807) is 30.5 Å². The zero-order valence-electron chi connectivity index (χ0n) is 16.1. The van der Waals surface area contributed by atoms with Crippen molar-refractivity contribution in [2.24, 2.45) is 5.10 Å². The molecule has 30 heavy (non-hydrogen) atoms. The van der Waals surface area contributed by atoms with Gasteiger partial charge in [0.05, 0.1) is 4.90 Å². The highest BCUT2D eigenvalue weighted by molar-refractivity contribution is 9.10. The van der Waals surface area contributed by atoms with Crippen molar-refractivity contribution >= 4 is 43.8 Å². The van der Waals surface area contributed by atoms with E-state index in [4.69, 9.17) is 11.6 Å². The summed E-state index contributed by atoms with van der Waals surface area (Å²) >= 11 is 9.47. The van der Waals surface area contributed by atoms with E-state index in [9.17, 15) is 8.42 Å². The van der Waals surface area contributed by atoms with Gasteiger partial charge in [-0.05, 0) is 71.2 Å². The fraction of sp³-hybridized carbons (Fsp3) is 0.182. The number of rotatable bonds is 6. The monoisotopic (exact) mass is 503 g/mol. The molecule has 3 aromatic rings. The Kier molecular flexibility index (Phi) is 5.70. The Bertz CT molecular complexity index is 1200. The normalized spacial score (nSPS) is 21.0. The number of aryl methyl sites for hydroxylation is 1. The average molecular weight is 505 g/mol. The van der Waals surface area contributed by atoms with Crippen LogP contribution in [0.5, 0.6) is 0 Å². The third kappa shape index (κ3) is 4.29. The molecule has 1 fully saturated rings. The molecular weight excluding hydrogens is 486 g/mol. The number of nitrogens with one attached hydrogen (secondary N) is 1. The minimum atomic E-state index is -3.74. The molecule has 0 bridgehead atoms. The van der Waals surface area contributed by atoms with Crippen LogP contribution in [0.25, 0.3) is 0 Å². The van der Waals surface area contributed by atoms with Crippen LogP contribution >= 0.6 is 27.5 Å². The van der Waals surface area contributed by atoms with Gasteiger partial charge in [-0.3, -0.25) is 0 Å². The summed E-state index contributed by atoms with van der Waals surface area (Å²) in [6, 6.07) is 20.0. The number of hydrogen-bond acceptors (Lipinski definition) is 4. The molecular formula is C22H19BrClN3O2S. The van der Waals surface area contributed by atoms with Crippen LogP contribution in [0.4, 0.5) is 0 Å². The number of pyridine rings is 1. The fourth-order valence-corrected chi connectivity index (χ4v) is 4.82. The highest BCUT2D eigenvalue weighted by Crippen LogP contribution is 2.59. The molecule has 0 spiro atoms. The van der Waals surface area contributed by atoms with Crippen LogP contribution in [-0.4, -0.2) is 19.6 Å². The van der Waals surface area contributed by atoms with Crippen LogP contribution in [0.2, 0.25) is 5.02 Å². The van der Waals surface area contributed by atoms with E-state index >= 15 is 0 Å². The third-order valence-electron chi connectivity index (χ3n) is 5.28. The Hall–Kier alpha value is -2.22. The van der Waals surface area contributed by atoms with Gasteiger partial charge in [-0.15, -0.1) is 0 Å². The van der Waals surface area contributed by atoms with Gasteiger partial charge in [0, 0.05) is 28.3 Å². The maximum Gasteiger partial charge on any atom is 0.276 e. The Balaban J connectivity index is 1.63. The Morgan fingerprint density at radius 2 is 1.83 bits per heavy atom. The van der Waals surface area contributed by atoms with Gasteiger partial charge in [-0.2, -0.15) is 13.5 Å². The number of halogens is 2. The number of hydrogen-bond donors (Lipinski definition) is 1. The highest BCUT2D eigenvalue weighted by Gasteiger charge is 2.56. The van der Waals surface area contributed by atoms with Crippen LogP contribution in [0, 0.1) is 6.92 Å². The summed E-state index contributed by atoms with van der Waals surface area (Å²) in [5.41, 5.74) is 2.47. The largest absolute Gasteiger partial charge is 0.276 e. The van der Waals surface area contributed by atoms with Crippen molar-refractivity contribution in [3.63, 3.8) is 0 Å². The fourth-order valence-electron chi connectivity index (χ4n) is 3.54. The van der Waals surface area contributed by atoms with E-state index in [0.717, 1.165) is 27.8 Å². The van der Waals surface area contributed by atoms with Crippen LogP contribution in [0.3, 0.4) is 0 Å². The second-order valence-electron chi connectivity index (χ2n) is 7.36. The molecule has 1 aliphatic rings. The predicted molar refractivity (Wildman–Crippen MR) is 122 cm³/mol. The van der Waals surface area contributed by atoms with Gasteiger partial charge in [0.1, 0.15) is 4.60 Å². The van der Waals surface area contributed by atoms with Gasteiger partial charge in [-0.1, -0.05) is 47.5 Å². The molecule has 0 aliphatic heterocycles. The summed E-state index contributed by atoms with van der Waals surface area (Å²) in [7, 11) is -3.74. The summed E-state index contributed by atoms with van der Waals surface area (Å²) in [5.74, 6) is 0.0869. The number of benzene rings is 2. The van der Waals surface area contributed by atoms with Gasteiger partial charge in [0.15, 0.2) is 0 Å². The summed E-state index contributed by atoms with van der Waals surface area (Å²) in [5, 5.41) is 4.78. The average Bonchev–Trinajstić information content (AvgIpc) is 3.44. The number of aromatic nitrogens is 1. The van der Waals surface area contributed by atoms with Crippen molar-refractivity contribution in [3.05, 3.63) is 93.2 Å². The number of hydrazone groups is 1. The second kappa shape index (κ2) is 8.13. The first kappa shape index (κ1) is 21.0. The molecule has 2 unspecified atom stereocenters. The van der Waals surface area contributed by atoms with E-state index in [-0.39, 0.29) is 10.8 Å². The molecule has 0 amide bonds. The second-order valence-corrected chi connectivity index (χ2v) is 10.3. The van der Waals surface area contributed by atoms with E-state index in [1.165, 1.54) is 0 Å². The SMILES string of the molecule is Cc1ccc(S(=O)(=O)N/N=C/C2(c3ccc(Cl)cc3)CC2c2cccc(Br)n2)cc1. The molecule has 5 nitrogen and oxygen atoms in total. The molecule has 1 saturated carbocycles. The van der Waals surface area contributed by atoms with E-state index < -0.39 is 15.4 Å². The van der Waals surface area contributed by atoms with E-state index in [0.29, 0.717) is 5.02 Å². The molecule has 1 aromatic heterocycles. The third-order valence-corrected chi connectivity index (χ3v) is 7.21. The molecule has 8 heteroatoms. The molecule has 2 atom stereocenters. The predicted octanol–water partition coefficient (Wildman–Crippen LogP) is 5.20. The smallest absolute Gasteiger partial charge is 0.246 e. The maximum absolute atomic E-state index is 12.6. The van der Waals surface area contributed by atoms with Crippen LogP contribution in [-0.2, 0) is 15.4 Å². The summed E-state index contributed by atoms with van der Waals surface area (Å²) in [4.78, 5) is 7.09. The molecule has 0 radical (unpaired) electrons. The van der Waals surface area contributed by atoms with Crippen molar-refractivity contribution in [2.45, 2.75) is 29.6 Å². The van der Waals surface area contributed by atoms with Crippen LogP contribution in [0.15, 0.2) is 81.3 Å². The van der Waals surface area contributed by atoms with Crippen molar-refractivity contribution in [1.82, 2.24) is 9.82 Å². The Morgan fingerprint density at radius 1 is 1.13 bits per heavy atom. The molecule has 1 heterocycles. The summed E-state index contributed by atoms with van der Waals surface area (Å²) < 4.78 is 25.9. The van der Waals surface area contributed by atoms with Gasteiger partial charge < -0.3 is 0 Å². The first-order chi connectivity index (χ1) is 14.3. The van der Waals surface area contributed by atoms with Crippen LogP contribution < -0.4 is 4.83 Å². The van der Waals surface area contributed by atoms with Gasteiger partial charge in [0.2, 0.25) is 0 Å². The zero-order valence-corrected chi connectivity index (χ0v) is 19.2. The van der Waals surface area contributed by atoms with Crippen molar-refractivity contribution in [1.29, 1.82) is 0 Å². The Morgan fingerprint density at radius 3 is 2.50 bits per heavy atom. The lowest BCUT2D eigenvalue weighted by Crippen LogP contribution is -2.21. The molecule has 2 aromatic carbocycles. The summed E-state index contributed by atoms with van der Waals surface area (Å²) in [6.45, 7) is 1.90. The maximum atomic E-state index is 12.6. The van der Waals surface area contributed by atoms with Gasteiger partial charge >= 0.3 is 0 Å². The lowest BCUT2D eigenvalue weighted by atomic mass is 9.93. The zero-order chi connectivity index (χ0) is 21.4. The van der Waals surface area contributed by atoms with Crippen LogP contribution in [0.1, 0.15) is 29.2 Å². The van der Waals surface area contributed by atoms with Crippen molar-refractivity contribution in [2.75, 3.05) is 0 Å². The Labute approximate surface area is 189 Å². The molecule has 4 rings (SSSR count). The van der Waals surface area contributed by atoms with Gasteiger partial charge in [0.25, 0.3) is 10.0 Å². The molecule has 154 valence electrons. The number of sulfonamides is 1. The standard InChI is InChI=1S/C22H19BrClN3O2S/c1-15-5-11-18(12-6-15)30(28,29)27-25-14-22(16-7-9-17(24)10-8-16)13-19(22)20-3-2-4-21(23)26-20/h2-12,14,19,27H,13H2,1H3/b25-14+. The van der Waals surface area contributed by atoms with E-state index in [1.807, 2.05) is 49.4 Å². The lowest BCUT2D eigenvalue weighted by molar-refractivity contribution is 0.584. The molecule has 1 aliphatic carbocycles. The number of nitrogens with zero attached hydrogens (tertiary/aromatic N) is 2. The summed E-state index contributed by atoms with van der Waals surface area (Å²) in [6.07, 6.45) is 2.45. The minimum Gasteiger partial charge on any atom is -0.246 e. The quantitative estimate of drug-likeness (QED) is 0.285. The first-order valence-electron chi connectivity index (χ1n) is 9.31. The van der Waals surface area contributed by atoms with Crippen molar-refractivity contribution in [3.8, 4) is 0 Å². The molecule has 0 saturated heterocycles. The highest BCUT2D eigenvalue weighted by atomic mass is 79.9. The minimum absolute atomic E-state index is 0.0869. The topological polar surface area (TPSA) is 71.4 Å². The molecule has 1 N–H and O–H groups in total.